The highest BCUT2D eigenvalue weighted by Gasteiger charge is 2.35. The van der Waals surface area contributed by atoms with Gasteiger partial charge in [-0.2, -0.15) is 0 Å². The highest BCUT2D eigenvalue weighted by Crippen LogP contribution is 2.25. The number of hydrogen-bond donors (Lipinski definition) is 1. The molecule has 1 aromatic heterocycles. The number of anilines is 1. The molecule has 4 rings (SSSR count). The van der Waals surface area contributed by atoms with Crippen LogP contribution in [0.4, 0.5) is 5.69 Å². The number of methoxy groups -OCH3 is 1. The predicted octanol–water partition coefficient (Wildman–Crippen LogP) is 3.63. The largest absolute Gasteiger partial charge is 0.497 e. The molecule has 1 aliphatic heterocycles. The lowest BCUT2D eigenvalue weighted by atomic mass is 10.1. The van der Waals surface area contributed by atoms with E-state index in [4.69, 9.17) is 17.0 Å². The maximum atomic E-state index is 13.1. The fraction of sp³-hybridized carbons (Fsp3) is 0.0870. The van der Waals surface area contributed by atoms with Crippen molar-refractivity contribution < 1.29 is 14.3 Å². The van der Waals surface area contributed by atoms with E-state index in [1.807, 2.05) is 72.4 Å². The van der Waals surface area contributed by atoms with Crippen LogP contribution in [0.25, 0.3) is 11.8 Å². The van der Waals surface area contributed by atoms with Gasteiger partial charge >= 0.3 is 0 Å². The first kappa shape index (κ1) is 19.6. The van der Waals surface area contributed by atoms with Crippen LogP contribution in [0.15, 0.2) is 72.6 Å². The molecule has 6 nitrogen and oxygen atoms in total. The molecule has 7 heteroatoms. The zero-order valence-electron chi connectivity index (χ0n) is 16.5. The number of hydrogen-bond acceptors (Lipinski definition) is 4. The second-order valence-corrected chi connectivity index (χ2v) is 7.18. The fourth-order valence-electron chi connectivity index (χ4n) is 3.27. The molecule has 2 heterocycles. The van der Waals surface area contributed by atoms with Crippen LogP contribution >= 0.6 is 12.2 Å². The van der Waals surface area contributed by atoms with Gasteiger partial charge in [-0.3, -0.25) is 19.8 Å². The van der Waals surface area contributed by atoms with Crippen molar-refractivity contribution >= 4 is 40.9 Å². The molecule has 150 valence electrons. The predicted molar refractivity (Wildman–Crippen MR) is 120 cm³/mol. The van der Waals surface area contributed by atoms with E-state index in [0.29, 0.717) is 5.69 Å². The quantitative estimate of drug-likeness (QED) is 0.400. The molecule has 0 saturated carbocycles. The Balaban J connectivity index is 1.66. The summed E-state index contributed by atoms with van der Waals surface area (Å²) in [7, 11) is 1.62. The summed E-state index contributed by atoms with van der Waals surface area (Å²) >= 11 is 5.26. The lowest BCUT2D eigenvalue weighted by molar-refractivity contribution is -0.122. The summed E-state index contributed by atoms with van der Waals surface area (Å²) in [4.78, 5) is 27.0. The van der Waals surface area contributed by atoms with Crippen LogP contribution in [0.1, 0.15) is 11.1 Å². The average molecular weight is 417 g/mol. The van der Waals surface area contributed by atoms with Gasteiger partial charge in [0.1, 0.15) is 11.3 Å². The zero-order chi connectivity index (χ0) is 21.3. The minimum absolute atomic E-state index is 0.0272. The Kier molecular flexibility index (Phi) is 5.20. The van der Waals surface area contributed by atoms with Gasteiger partial charge in [-0.05, 0) is 72.7 Å². The minimum atomic E-state index is -0.507. The molecule has 0 spiro atoms. The van der Waals surface area contributed by atoms with Crippen LogP contribution in [-0.4, -0.2) is 28.6 Å². The van der Waals surface area contributed by atoms with E-state index < -0.39 is 11.8 Å². The Morgan fingerprint density at radius 3 is 2.47 bits per heavy atom. The molecule has 1 saturated heterocycles. The Hall–Kier alpha value is -3.71. The van der Waals surface area contributed by atoms with Gasteiger partial charge in [0, 0.05) is 18.1 Å². The highest BCUT2D eigenvalue weighted by atomic mass is 32.1. The first-order valence-corrected chi connectivity index (χ1v) is 9.68. The first-order valence-electron chi connectivity index (χ1n) is 9.27. The third-order valence-corrected chi connectivity index (χ3v) is 5.14. The molecule has 2 aromatic carbocycles. The molecule has 1 aliphatic rings. The molecule has 0 radical (unpaired) electrons. The van der Waals surface area contributed by atoms with Crippen LogP contribution in [0.2, 0.25) is 0 Å². The lowest BCUT2D eigenvalue weighted by Gasteiger charge is -2.29. The van der Waals surface area contributed by atoms with Gasteiger partial charge in [0.2, 0.25) is 0 Å². The third-order valence-electron chi connectivity index (χ3n) is 4.86. The van der Waals surface area contributed by atoms with Crippen molar-refractivity contribution in [3.05, 3.63) is 83.7 Å². The van der Waals surface area contributed by atoms with Crippen molar-refractivity contribution in [2.24, 2.45) is 0 Å². The summed E-state index contributed by atoms with van der Waals surface area (Å²) in [6, 6.07) is 16.8. The molecule has 2 amide bonds. The summed E-state index contributed by atoms with van der Waals surface area (Å²) in [5.41, 5.74) is 3.22. The van der Waals surface area contributed by atoms with E-state index in [0.717, 1.165) is 22.6 Å². The Bertz CT molecular complexity index is 1180. The number of carbonyl (C=O) groups excluding carboxylic acids is 2. The van der Waals surface area contributed by atoms with Crippen LogP contribution in [0, 0.1) is 6.92 Å². The number of nitrogens with zero attached hydrogens (tertiary/aromatic N) is 2. The Morgan fingerprint density at radius 2 is 1.77 bits per heavy atom. The SMILES string of the molecule is COc1ccc(-n2ccc(/C=C3/C(=O)NC(=S)N(c4ccccc4C)C3=O)c2)cc1. The van der Waals surface area contributed by atoms with Gasteiger partial charge in [-0.25, -0.2) is 0 Å². The number of aromatic nitrogens is 1. The number of benzene rings is 2. The molecular formula is C23H19N3O3S. The van der Waals surface area contributed by atoms with E-state index in [2.05, 4.69) is 5.32 Å². The van der Waals surface area contributed by atoms with Gasteiger partial charge in [-0.1, -0.05) is 18.2 Å². The monoisotopic (exact) mass is 417 g/mol. The van der Waals surface area contributed by atoms with Crippen molar-refractivity contribution in [2.45, 2.75) is 6.92 Å². The highest BCUT2D eigenvalue weighted by molar-refractivity contribution is 7.80. The number of carbonyl (C=O) groups is 2. The second-order valence-electron chi connectivity index (χ2n) is 6.79. The lowest BCUT2D eigenvalue weighted by Crippen LogP contribution is -2.54. The number of rotatable bonds is 4. The van der Waals surface area contributed by atoms with Crippen molar-refractivity contribution in [3.63, 3.8) is 0 Å². The summed E-state index contributed by atoms with van der Waals surface area (Å²) in [6.07, 6.45) is 5.29. The standard InChI is InChI=1S/C23H19N3O3S/c1-15-5-3-4-6-20(15)26-22(28)19(21(27)24-23(26)30)13-16-11-12-25(14-16)17-7-9-18(29-2)10-8-17/h3-14H,1-2H3,(H,24,27,30)/b19-13-. The number of nitrogens with one attached hydrogen (secondary N) is 1. The minimum Gasteiger partial charge on any atom is -0.497 e. The normalized spacial score (nSPS) is 15.5. The molecule has 1 N–H and O–H groups in total. The molecule has 0 aliphatic carbocycles. The number of amides is 2. The summed E-state index contributed by atoms with van der Waals surface area (Å²) in [6.45, 7) is 1.89. The average Bonchev–Trinajstić information content (AvgIpc) is 3.21. The number of thiocarbonyl (C=S) groups is 1. The van der Waals surface area contributed by atoms with Crippen LogP contribution in [0.5, 0.6) is 5.75 Å². The summed E-state index contributed by atoms with van der Waals surface area (Å²) < 4.78 is 7.09. The van der Waals surface area contributed by atoms with Gasteiger partial charge in [0.05, 0.1) is 12.8 Å². The van der Waals surface area contributed by atoms with Crippen molar-refractivity contribution in [2.75, 3.05) is 12.0 Å². The van der Waals surface area contributed by atoms with Gasteiger partial charge in [0.15, 0.2) is 5.11 Å². The molecule has 1 fully saturated rings. The topological polar surface area (TPSA) is 63.6 Å². The Morgan fingerprint density at radius 1 is 1.03 bits per heavy atom. The van der Waals surface area contributed by atoms with Crippen molar-refractivity contribution in [1.29, 1.82) is 0 Å². The maximum Gasteiger partial charge on any atom is 0.270 e. The van der Waals surface area contributed by atoms with Gasteiger partial charge < -0.3 is 9.30 Å². The second kappa shape index (κ2) is 7.96. The van der Waals surface area contributed by atoms with Gasteiger partial charge in [-0.15, -0.1) is 0 Å². The van der Waals surface area contributed by atoms with Gasteiger partial charge in [0.25, 0.3) is 11.8 Å². The number of aryl methyl sites for hydroxylation is 1. The van der Waals surface area contributed by atoms with E-state index >= 15 is 0 Å². The van der Waals surface area contributed by atoms with E-state index in [1.165, 1.54) is 4.90 Å². The van der Waals surface area contributed by atoms with Crippen LogP contribution in [-0.2, 0) is 9.59 Å². The zero-order valence-corrected chi connectivity index (χ0v) is 17.3. The molecule has 30 heavy (non-hydrogen) atoms. The van der Waals surface area contributed by atoms with E-state index in [1.54, 1.807) is 19.3 Å². The molecule has 0 atom stereocenters. The molecule has 0 unspecified atom stereocenters. The van der Waals surface area contributed by atoms with Crippen molar-refractivity contribution in [3.8, 4) is 11.4 Å². The van der Waals surface area contributed by atoms with Crippen LogP contribution in [0.3, 0.4) is 0 Å². The summed E-state index contributed by atoms with van der Waals surface area (Å²) in [5.74, 6) is -0.188. The smallest absolute Gasteiger partial charge is 0.270 e. The molecule has 0 bridgehead atoms. The first-order chi connectivity index (χ1) is 14.5. The molecule has 3 aromatic rings. The van der Waals surface area contributed by atoms with Crippen molar-refractivity contribution in [1.82, 2.24) is 9.88 Å². The Labute approximate surface area is 179 Å². The van der Waals surface area contributed by atoms with E-state index in [-0.39, 0.29) is 10.7 Å². The fourth-order valence-corrected chi connectivity index (χ4v) is 3.54. The van der Waals surface area contributed by atoms with Crippen LogP contribution < -0.4 is 15.0 Å². The summed E-state index contributed by atoms with van der Waals surface area (Å²) in [5, 5.41) is 2.69. The number of ether oxygens (including phenoxy) is 1. The number of para-hydroxylation sites is 1. The molecular weight excluding hydrogens is 398 g/mol. The third kappa shape index (κ3) is 3.62. The van der Waals surface area contributed by atoms with E-state index in [9.17, 15) is 9.59 Å². The maximum absolute atomic E-state index is 13.1.